The van der Waals surface area contributed by atoms with E-state index in [0.717, 1.165) is 19.0 Å². The molecule has 1 atom stereocenters. The number of nitrogens with one attached hydrogen (secondary N) is 2. The Morgan fingerprint density at radius 2 is 1.78 bits per heavy atom. The first-order chi connectivity index (χ1) is 8.49. The monoisotopic (exact) mass is 280 g/mol. The van der Waals surface area contributed by atoms with Crippen LogP contribution in [0.25, 0.3) is 0 Å². The summed E-state index contributed by atoms with van der Waals surface area (Å²) >= 11 is 0. The maximum Gasteiger partial charge on any atom is 0.500 e. The van der Waals surface area contributed by atoms with E-state index in [4.69, 9.17) is 18.4 Å². The highest BCUT2D eigenvalue weighted by Gasteiger charge is 2.36. The Bertz CT molecular complexity index is 230. The van der Waals surface area contributed by atoms with Crippen molar-refractivity contribution in [2.45, 2.75) is 25.6 Å². The largest absolute Gasteiger partial charge is 0.500 e. The van der Waals surface area contributed by atoms with Crippen molar-refractivity contribution in [2.24, 2.45) is 0 Å². The van der Waals surface area contributed by atoms with Gasteiger partial charge in [-0.25, -0.2) is 0 Å². The van der Waals surface area contributed by atoms with Crippen LogP contribution in [0, 0.1) is 0 Å². The van der Waals surface area contributed by atoms with Crippen LogP contribution in [0.3, 0.4) is 0 Å². The second-order valence-electron chi connectivity index (χ2n) is 3.85. The number of aliphatic carboxylic acids is 1. The minimum absolute atomic E-state index is 0.0511. The molecule has 0 radical (unpaired) electrons. The molecular formula is C10H24N2O5Si. The van der Waals surface area contributed by atoms with Gasteiger partial charge in [0.2, 0.25) is 0 Å². The van der Waals surface area contributed by atoms with Crippen molar-refractivity contribution in [3.05, 3.63) is 0 Å². The zero-order chi connectivity index (χ0) is 14.0. The Morgan fingerprint density at radius 3 is 2.22 bits per heavy atom. The van der Waals surface area contributed by atoms with Crippen LogP contribution in [0.2, 0.25) is 6.04 Å². The predicted octanol–water partition coefficient (Wildman–Crippen LogP) is -0.136. The normalized spacial score (nSPS) is 13.6. The maximum absolute atomic E-state index is 10.3. The molecule has 0 bridgehead atoms. The minimum Gasteiger partial charge on any atom is -0.480 e. The number of hydrogen-bond acceptors (Lipinski definition) is 6. The lowest BCUT2D eigenvalue weighted by molar-refractivity contribution is -0.136. The highest BCUT2D eigenvalue weighted by Crippen LogP contribution is 2.14. The Hall–Kier alpha value is -0.513. The SMILES string of the molecule is CO[Si](CCCNC(C)NCC(=O)O)(OC)OC. The highest BCUT2D eigenvalue weighted by atomic mass is 28.4. The molecule has 0 heterocycles. The molecule has 0 aliphatic heterocycles. The summed E-state index contributed by atoms with van der Waals surface area (Å²) in [6.45, 7) is 2.55. The van der Waals surface area contributed by atoms with E-state index >= 15 is 0 Å². The van der Waals surface area contributed by atoms with Gasteiger partial charge in [0, 0.05) is 27.4 Å². The zero-order valence-corrected chi connectivity index (χ0v) is 12.5. The maximum atomic E-state index is 10.3. The molecule has 8 heteroatoms. The van der Waals surface area contributed by atoms with Gasteiger partial charge < -0.3 is 23.7 Å². The standard InChI is InChI=1S/C10H24N2O5Si/c1-9(12-8-10(13)14)11-6-5-7-18(15-2,16-3)17-4/h9,11-12H,5-8H2,1-4H3,(H,13,14). The van der Waals surface area contributed by atoms with Gasteiger partial charge in [0.15, 0.2) is 0 Å². The van der Waals surface area contributed by atoms with Crippen molar-refractivity contribution in [2.75, 3.05) is 34.4 Å². The van der Waals surface area contributed by atoms with Crippen LogP contribution in [-0.4, -0.2) is 60.5 Å². The summed E-state index contributed by atoms with van der Waals surface area (Å²) in [6, 6.07) is 0.717. The van der Waals surface area contributed by atoms with Crippen LogP contribution < -0.4 is 10.6 Å². The van der Waals surface area contributed by atoms with E-state index in [1.54, 1.807) is 21.3 Å². The van der Waals surface area contributed by atoms with Crippen LogP contribution in [0.5, 0.6) is 0 Å². The second kappa shape index (κ2) is 9.42. The van der Waals surface area contributed by atoms with E-state index in [0.29, 0.717) is 0 Å². The molecule has 18 heavy (non-hydrogen) atoms. The van der Waals surface area contributed by atoms with Gasteiger partial charge >= 0.3 is 14.8 Å². The zero-order valence-electron chi connectivity index (χ0n) is 11.5. The molecule has 1 unspecified atom stereocenters. The number of carboxylic acids is 1. The van der Waals surface area contributed by atoms with Gasteiger partial charge in [-0.2, -0.15) is 0 Å². The summed E-state index contributed by atoms with van der Waals surface area (Å²) in [5.74, 6) is -0.867. The minimum atomic E-state index is -2.48. The molecule has 0 aromatic rings. The predicted molar refractivity (Wildman–Crippen MR) is 69.3 cm³/mol. The number of hydrogen-bond donors (Lipinski definition) is 3. The summed E-state index contributed by atoms with van der Waals surface area (Å²) in [5, 5.41) is 14.5. The van der Waals surface area contributed by atoms with Gasteiger partial charge in [-0.1, -0.05) is 0 Å². The van der Waals surface area contributed by atoms with Gasteiger partial charge in [-0.05, 0) is 19.9 Å². The first-order valence-corrected chi connectivity index (χ1v) is 7.77. The lowest BCUT2D eigenvalue weighted by Crippen LogP contribution is -2.45. The van der Waals surface area contributed by atoms with Crippen molar-refractivity contribution in [1.29, 1.82) is 0 Å². The quantitative estimate of drug-likeness (QED) is 0.276. The molecule has 0 amide bonds. The molecule has 0 aromatic heterocycles. The van der Waals surface area contributed by atoms with E-state index in [2.05, 4.69) is 10.6 Å². The van der Waals surface area contributed by atoms with E-state index in [1.165, 1.54) is 0 Å². The van der Waals surface area contributed by atoms with Gasteiger partial charge in [-0.3, -0.25) is 10.1 Å². The topological polar surface area (TPSA) is 89.1 Å². The molecule has 0 saturated heterocycles. The number of carboxylic acid groups (broad SMARTS) is 1. The fourth-order valence-corrected chi connectivity index (χ4v) is 3.21. The average molecular weight is 280 g/mol. The lowest BCUT2D eigenvalue weighted by atomic mass is 10.4. The average Bonchev–Trinajstić information content (AvgIpc) is 2.37. The molecule has 108 valence electrons. The van der Waals surface area contributed by atoms with Crippen LogP contribution in [-0.2, 0) is 18.1 Å². The fourth-order valence-electron chi connectivity index (χ4n) is 1.49. The summed E-state index contributed by atoms with van der Waals surface area (Å²) in [7, 11) is 2.28. The Kier molecular flexibility index (Phi) is 9.15. The van der Waals surface area contributed by atoms with Gasteiger partial charge in [0.25, 0.3) is 0 Å². The summed E-state index contributed by atoms with van der Waals surface area (Å²) in [6.07, 6.45) is 0.783. The van der Waals surface area contributed by atoms with Crippen LogP contribution in [0.4, 0.5) is 0 Å². The molecule has 0 aliphatic rings. The third-order valence-corrected chi connectivity index (χ3v) is 5.43. The Labute approximate surface area is 109 Å². The lowest BCUT2D eigenvalue weighted by Gasteiger charge is -2.24. The molecule has 0 saturated carbocycles. The van der Waals surface area contributed by atoms with E-state index in [-0.39, 0.29) is 12.7 Å². The van der Waals surface area contributed by atoms with E-state index < -0.39 is 14.8 Å². The third-order valence-electron chi connectivity index (χ3n) is 2.60. The Morgan fingerprint density at radius 1 is 1.22 bits per heavy atom. The molecule has 0 rings (SSSR count). The highest BCUT2D eigenvalue weighted by molar-refractivity contribution is 6.60. The summed E-state index contributed by atoms with van der Waals surface area (Å²) in [5.41, 5.74) is 0. The van der Waals surface area contributed by atoms with Gasteiger partial charge in [0.05, 0.1) is 12.7 Å². The number of rotatable bonds is 11. The van der Waals surface area contributed by atoms with Gasteiger partial charge in [0.1, 0.15) is 0 Å². The first-order valence-electron chi connectivity index (χ1n) is 5.83. The van der Waals surface area contributed by atoms with Crippen LogP contribution in [0.1, 0.15) is 13.3 Å². The molecule has 7 nitrogen and oxygen atoms in total. The molecule has 0 spiro atoms. The van der Waals surface area contributed by atoms with Gasteiger partial charge in [-0.15, -0.1) is 0 Å². The van der Waals surface area contributed by atoms with Crippen molar-refractivity contribution in [3.8, 4) is 0 Å². The second-order valence-corrected chi connectivity index (χ2v) is 6.94. The van der Waals surface area contributed by atoms with Crippen molar-refractivity contribution >= 4 is 14.8 Å². The van der Waals surface area contributed by atoms with Crippen LogP contribution in [0.15, 0.2) is 0 Å². The molecule has 0 aromatic carbocycles. The fraction of sp³-hybridized carbons (Fsp3) is 0.900. The molecular weight excluding hydrogens is 256 g/mol. The summed E-state index contributed by atoms with van der Waals surface area (Å²) in [4.78, 5) is 10.3. The van der Waals surface area contributed by atoms with E-state index in [1.807, 2.05) is 6.92 Å². The van der Waals surface area contributed by atoms with Crippen molar-refractivity contribution in [1.82, 2.24) is 10.6 Å². The van der Waals surface area contributed by atoms with E-state index in [9.17, 15) is 4.79 Å². The number of carbonyl (C=O) groups is 1. The van der Waals surface area contributed by atoms with Crippen molar-refractivity contribution < 1.29 is 23.2 Å². The smallest absolute Gasteiger partial charge is 0.480 e. The molecule has 3 N–H and O–H groups in total. The molecule has 0 aliphatic carbocycles. The van der Waals surface area contributed by atoms with Crippen LogP contribution >= 0.6 is 0 Å². The Balaban J connectivity index is 3.74. The first kappa shape index (κ1) is 17.5. The van der Waals surface area contributed by atoms with Crippen molar-refractivity contribution in [3.63, 3.8) is 0 Å². The summed E-state index contributed by atoms with van der Waals surface area (Å²) < 4.78 is 15.9. The molecule has 0 fully saturated rings. The third kappa shape index (κ3) is 7.04.